The highest BCUT2D eigenvalue weighted by atomic mass is 32.2. The second-order valence-electron chi connectivity index (χ2n) is 3.35. The van der Waals surface area contributed by atoms with E-state index in [1.165, 1.54) is 0 Å². The SMILES string of the molecule is O=C1CC(=O)c2c(C[SH](=O)=O)cccc21. The molecular formula is C10H8O4S. The second kappa shape index (κ2) is 3.58. The van der Waals surface area contributed by atoms with Crippen LogP contribution >= 0.6 is 0 Å². The molecule has 0 saturated heterocycles. The van der Waals surface area contributed by atoms with E-state index >= 15 is 0 Å². The lowest BCUT2D eigenvalue weighted by atomic mass is 10.0. The Bertz CT molecular complexity index is 520. The Hall–Kier alpha value is -1.49. The zero-order valence-corrected chi connectivity index (χ0v) is 8.62. The largest absolute Gasteiger partial charge is 0.294 e. The fourth-order valence-electron chi connectivity index (χ4n) is 1.76. The van der Waals surface area contributed by atoms with Gasteiger partial charge in [-0.1, -0.05) is 18.2 Å². The fraction of sp³-hybridized carbons (Fsp3) is 0.200. The highest BCUT2D eigenvalue weighted by Gasteiger charge is 2.29. The third kappa shape index (κ3) is 1.70. The van der Waals surface area contributed by atoms with Crippen LogP contribution in [0.1, 0.15) is 32.7 Å². The monoisotopic (exact) mass is 224 g/mol. The second-order valence-corrected chi connectivity index (χ2v) is 4.34. The Morgan fingerprint density at radius 1 is 1.13 bits per heavy atom. The van der Waals surface area contributed by atoms with Crippen LogP contribution in [0, 0.1) is 0 Å². The van der Waals surface area contributed by atoms with Gasteiger partial charge < -0.3 is 0 Å². The van der Waals surface area contributed by atoms with Crippen molar-refractivity contribution < 1.29 is 18.0 Å². The topological polar surface area (TPSA) is 68.3 Å². The molecule has 0 bridgehead atoms. The first-order valence-corrected chi connectivity index (χ1v) is 5.76. The predicted molar refractivity (Wildman–Crippen MR) is 53.7 cm³/mol. The highest BCUT2D eigenvalue weighted by molar-refractivity contribution is 7.71. The van der Waals surface area contributed by atoms with Crippen LogP contribution < -0.4 is 0 Å². The molecule has 1 aromatic rings. The maximum absolute atomic E-state index is 11.5. The minimum absolute atomic E-state index is 0.137. The fourth-order valence-corrected chi connectivity index (χ4v) is 2.30. The van der Waals surface area contributed by atoms with Gasteiger partial charge in [0.25, 0.3) is 0 Å². The van der Waals surface area contributed by atoms with Crippen LogP contribution in [0.4, 0.5) is 0 Å². The summed E-state index contributed by atoms with van der Waals surface area (Å²) in [6.45, 7) is 0. The molecule has 0 unspecified atom stereocenters. The maximum atomic E-state index is 11.5. The molecule has 4 nitrogen and oxygen atoms in total. The van der Waals surface area contributed by atoms with Crippen molar-refractivity contribution in [3.05, 3.63) is 34.9 Å². The number of Topliss-reactive ketones (excluding diaryl/α,β-unsaturated/α-hetero) is 2. The number of carbonyl (C=O) groups is 2. The number of hydrogen-bond donors (Lipinski definition) is 1. The minimum Gasteiger partial charge on any atom is -0.294 e. The predicted octanol–water partition coefficient (Wildman–Crippen LogP) is 0.567. The third-order valence-corrected chi connectivity index (χ3v) is 2.95. The normalized spacial score (nSPS) is 14.7. The number of ketones is 2. The molecule has 0 amide bonds. The Labute approximate surface area is 87.9 Å². The first-order valence-electron chi connectivity index (χ1n) is 4.39. The molecule has 0 spiro atoms. The van der Waals surface area contributed by atoms with Gasteiger partial charge in [0.05, 0.1) is 12.2 Å². The van der Waals surface area contributed by atoms with Gasteiger partial charge in [0.2, 0.25) is 0 Å². The lowest BCUT2D eigenvalue weighted by Gasteiger charge is -2.01. The molecule has 0 atom stereocenters. The van der Waals surface area contributed by atoms with Crippen LogP contribution in [0.2, 0.25) is 0 Å². The summed E-state index contributed by atoms with van der Waals surface area (Å²) in [4.78, 5) is 22.8. The molecule has 1 aliphatic rings. The van der Waals surface area contributed by atoms with Crippen LogP contribution in [0.15, 0.2) is 18.2 Å². The molecule has 78 valence electrons. The summed E-state index contributed by atoms with van der Waals surface area (Å²) in [5.74, 6) is -0.683. The van der Waals surface area contributed by atoms with Gasteiger partial charge >= 0.3 is 0 Å². The van der Waals surface area contributed by atoms with E-state index in [0.29, 0.717) is 16.7 Å². The molecule has 0 saturated carbocycles. The zero-order valence-electron chi connectivity index (χ0n) is 7.73. The van der Waals surface area contributed by atoms with Crippen molar-refractivity contribution in [2.45, 2.75) is 12.2 Å². The van der Waals surface area contributed by atoms with Crippen molar-refractivity contribution in [3.63, 3.8) is 0 Å². The minimum atomic E-state index is -2.58. The summed E-state index contributed by atoms with van der Waals surface area (Å²) < 4.78 is 21.2. The smallest absolute Gasteiger partial charge is 0.171 e. The molecule has 2 rings (SSSR count). The van der Waals surface area contributed by atoms with Gasteiger partial charge in [0.15, 0.2) is 11.6 Å². The quantitative estimate of drug-likeness (QED) is 0.589. The number of thiol groups is 1. The van der Waals surface area contributed by atoms with Gasteiger partial charge in [-0.25, -0.2) is 8.42 Å². The van der Waals surface area contributed by atoms with Crippen LogP contribution in [0.5, 0.6) is 0 Å². The summed E-state index contributed by atoms with van der Waals surface area (Å²) >= 11 is 0. The van der Waals surface area contributed by atoms with Crippen molar-refractivity contribution in [3.8, 4) is 0 Å². The lowest BCUT2D eigenvalue weighted by molar-refractivity contribution is 0.0923. The highest BCUT2D eigenvalue weighted by Crippen LogP contribution is 2.25. The average Bonchev–Trinajstić information content (AvgIpc) is 2.43. The standard InChI is InChI=1S/C10H8O4S/c11-8-4-9(12)10-6(5-15(13)14)2-1-3-7(8)10/h1-3,15H,4-5H2. The Morgan fingerprint density at radius 2 is 1.87 bits per heavy atom. The Morgan fingerprint density at radius 3 is 2.53 bits per heavy atom. The molecule has 0 heterocycles. The number of hydrogen-bond acceptors (Lipinski definition) is 4. The summed E-state index contributed by atoms with van der Waals surface area (Å²) in [7, 11) is -2.58. The van der Waals surface area contributed by atoms with E-state index < -0.39 is 10.7 Å². The molecule has 0 radical (unpaired) electrons. The van der Waals surface area contributed by atoms with E-state index in [9.17, 15) is 18.0 Å². The van der Waals surface area contributed by atoms with Gasteiger partial charge in [0, 0.05) is 11.1 Å². The van der Waals surface area contributed by atoms with Crippen LogP contribution in [0.3, 0.4) is 0 Å². The van der Waals surface area contributed by atoms with E-state index in [-0.39, 0.29) is 23.7 Å². The number of carbonyl (C=O) groups excluding carboxylic acids is 2. The molecular weight excluding hydrogens is 216 g/mol. The van der Waals surface area contributed by atoms with E-state index in [0.717, 1.165) is 0 Å². The van der Waals surface area contributed by atoms with Gasteiger partial charge in [-0.15, -0.1) is 0 Å². The Kier molecular flexibility index (Phi) is 2.40. The zero-order chi connectivity index (χ0) is 11.0. The molecule has 0 fully saturated rings. The first kappa shape index (κ1) is 10.0. The molecule has 1 aliphatic carbocycles. The summed E-state index contributed by atoms with van der Waals surface area (Å²) in [5, 5.41) is 0. The van der Waals surface area contributed by atoms with Gasteiger partial charge in [0.1, 0.15) is 10.7 Å². The maximum Gasteiger partial charge on any atom is 0.171 e. The molecule has 5 heteroatoms. The Balaban J connectivity index is 2.60. The van der Waals surface area contributed by atoms with Crippen LogP contribution in [-0.2, 0) is 16.5 Å². The third-order valence-electron chi connectivity index (χ3n) is 2.35. The molecule has 1 aromatic carbocycles. The van der Waals surface area contributed by atoms with E-state index in [1.807, 2.05) is 0 Å². The molecule has 0 aliphatic heterocycles. The molecule has 0 N–H and O–H groups in total. The number of benzene rings is 1. The number of fused-ring (bicyclic) bond motifs is 1. The molecule has 15 heavy (non-hydrogen) atoms. The number of rotatable bonds is 2. The van der Waals surface area contributed by atoms with Crippen molar-refractivity contribution in [2.24, 2.45) is 0 Å². The van der Waals surface area contributed by atoms with Crippen LogP contribution in [-0.4, -0.2) is 20.0 Å². The first-order chi connectivity index (χ1) is 7.09. The van der Waals surface area contributed by atoms with Crippen molar-refractivity contribution in [1.29, 1.82) is 0 Å². The van der Waals surface area contributed by atoms with Gasteiger partial charge in [-0.2, -0.15) is 0 Å². The summed E-state index contributed by atoms with van der Waals surface area (Å²) in [6, 6.07) is 4.73. The van der Waals surface area contributed by atoms with E-state index in [1.54, 1.807) is 18.2 Å². The molecule has 0 aromatic heterocycles. The van der Waals surface area contributed by atoms with E-state index in [4.69, 9.17) is 0 Å². The van der Waals surface area contributed by atoms with Crippen molar-refractivity contribution >= 4 is 22.3 Å². The van der Waals surface area contributed by atoms with Gasteiger partial charge in [-0.05, 0) is 5.56 Å². The van der Waals surface area contributed by atoms with Crippen LogP contribution in [0.25, 0.3) is 0 Å². The average molecular weight is 224 g/mol. The van der Waals surface area contributed by atoms with Crippen molar-refractivity contribution in [2.75, 3.05) is 0 Å². The van der Waals surface area contributed by atoms with Gasteiger partial charge in [-0.3, -0.25) is 9.59 Å². The summed E-state index contributed by atoms with van der Waals surface area (Å²) in [6.07, 6.45) is -0.137. The lowest BCUT2D eigenvalue weighted by Crippen LogP contribution is -1.99. The van der Waals surface area contributed by atoms with Crippen molar-refractivity contribution in [1.82, 2.24) is 0 Å². The van der Waals surface area contributed by atoms with E-state index in [2.05, 4.69) is 0 Å². The summed E-state index contributed by atoms with van der Waals surface area (Å²) in [5.41, 5.74) is 1.08.